The van der Waals surface area contributed by atoms with Crippen molar-refractivity contribution in [2.24, 2.45) is 0 Å². The van der Waals surface area contributed by atoms with Gasteiger partial charge in [-0.3, -0.25) is 5.32 Å². The molecule has 1 aliphatic rings. The molecule has 0 atom stereocenters. The van der Waals surface area contributed by atoms with Crippen LogP contribution in [0.2, 0.25) is 0 Å². The Bertz CT molecular complexity index is 339. The minimum Gasteiger partial charge on any atom is -0.333 e. The van der Waals surface area contributed by atoms with E-state index in [-0.39, 0.29) is 18.4 Å². The van der Waals surface area contributed by atoms with Crippen molar-refractivity contribution in [2.75, 3.05) is 5.32 Å². The van der Waals surface area contributed by atoms with E-state index in [1.165, 1.54) is 12.3 Å². The van der Waals surface area contributed by atoms with Crippen LogP contribution < -0.4 is 10.6 Å². The van der Waals surface area contributed by atoms with Crippen molar-refractivity contribution in [1.82, 2.24) is 10.3 Å². The zero-order valence-corrected chi connectivity index (χ0v) is 6.10. The Kier molecular flexibility index (Phi) is 1.43. The quantitative estimate of drug-likeness (QED) is 0.602. The SMILES string of the molecule is O=C1NCc2c(F)ccnc2N1. The van der Waals surface area contributed by atoms with Crippen molar-refractivity contribution in [3.05, 3.63) is 23.6 Å². The first-order chi connectivity index (χ1) is 5.77. The van der Waals surface area contributed by atoms with Crippen LogP contribution in [-0.2, 0) is 6.54 Å². The highest BCUT2D eigenvalue weighted by atomic mass is 19.1. The second-order valence-corrected chi connectivity index (χ2v) is 2.43. The summed E-state index contributed by atoms with van der Waals surface area (Å²) in [4.78, 5) is 14.6. The summed E-state index contributed by atoms with van der Waals surface area (Å²) in [5.74, 6) is -0.0498. The Morgan fingerprint density at radius 3 is 3.25 bits per heavy atom. The molecular weight excluding hydrogens is 161 g/mol. The smallest absolute Gasteiger partial charge is 0.320 e. The van der Waals surface area contributed by atoms with Gasteiger partial charge in [-0.15, -0.1) is 0 Å². The summed E-state index contributed by atoms with van der Waals surface area (Å²) in [5.41, 5.74) is 0.400. The number of hydrogen-bond acceptors (Lipinski definition) is 2. The second kappa shape index (κ2) is 2.44. The fourth-order valence-corrected chi connectivity index (χ4v) is 1.07. The molecule has 0 radical (unpaired) electrons. The van der Waals surface area contributed by atoms with Crippen molar-refractivity contribution in [3.8, 4) is 0 Å². The normalized spacial score (nSPS) is 14.6. The monoisotopic (exact) mass is 167 g/mol. The van der Waals surface area contributed by atoms with Crippen LogP contribution in [0.5, 0.6) is 0 Å². The molecule has 2 amide bonds. The molecule has 12 heavy (non-hydrogen) atoms. The summed E-state index contributed by atoms with van der Waals surface area (Å²) in [5, 5.41) is 4.85. The fraction of sp³-hybridized carbons (Fsp3) is 0.143. The maximum Gasteiger partial charge on any atom is 0.320 e. The van der Waals surface area contributed by atoms with Gasteiger partial charge >= 0.3 is 6.03 Å². The van der Waals surface area contributed by atoms with E-state index in [4.69, 9.17) is 0 Å². The molecule has 2 rings (SSSR count). The standard InChI is InChI=1S/C7H6FN3O/c8-5-1-2-9-6-4(5)3-10-7(12)11-6/h1-2H,3H2,(H2,9,10,11,12). The number of rotatable bonds is 0. The Morgan fingerprint density at radius 1 is 1.58 bits per heavy atom. The number of carbonyl (C=O) groups excluding carboxylic acids is 1. The van der Waals surface area contributed by atoms with Crippen molar-refractivity contribution >= 4 is 11.8 Å². The molecule has 62 valence electrons. The first-order valence-electron chi connectivity index (χ1n) is 3.45. The van der Waals surface area contributed by atoms with Gasteiger partial charge in [-0.05, 0) is 6.07 Å². The molecule has 2 N–H and O–H groups in total. The minimum atomic E-state index is -0.354. The highest BCUT2D eigenvalue weighted by Gasteiger charge is 2.17. The summed E-state index contributed by atoms with van der Waals surface area (Å²) in [7, 11) is 0. The van der Waals surface area contributed by atoms with E-state index >= 15 is 0 Å². The number of nitrogens with zero attached hydrogens (tertiary/aromatic N) is 1. The third-order valence-corrected chi connectivity index (χ3v) is 1.66. The van der Waals surface area contributed by atoms with Crippen molar-refractivity contribution in [2.45, 2.75) is 6.54 Å². The van der Waals surface area contributed by atoms with E-state index in [2.05, 4.69) is 15.6 Å². The zero-order chi connectivity index (χ0) is 8.55. The molecule has 0 aromatic carbocycles. The van der Waals surface area contributed by atoms with Gasteiger partial charge in [0, 0.05) is 11.8 Å². The molecule has 0 saturated carbocycles. The largest absolute Gasteiger partial charge is 0.333 e. The molecule has 1 aromatic rings. The Morgan fingerprint density at radius 2 is 2.42 bits per heavy atom. The molecule has 0 unspecified atom stereocenters. The van der Waals surface area contributed by atoms with E-state index in [0.717, 1.165) is 0 Å². The third-order valence-electron chi connectivity index (χ3n) is 1.66. The van der Waals surface area contributed by atoms with Crippen molar-refractivity contribution in [3.63, 3.8) is 0 Å². The van der Waals surface area contributed by atoms with E-state index in [1.54, 1.807) is 0 Å². The fourth-order valence-electron chi connectivity index (χ4n) is 1.07. The number of anilines is 1. The molecular formula is C7H6FN3O. The summed E-state index contributed by atoms with van der Waals surface area (Å²) in [6, 6.07) is 0.915. The Labute approximate surface area is 67.8 Å². The van der Waals surface area contributed by atoms with Crippen LogP contribution in [0.15, 0.2) is 12.3 Å². The van der Waals surface area contributed by atoms with Crippen LogP contribution in [0.4, 0.5) is 15.0 Å². The van der Waals surface area contributed by atoms with Crippen LogP contribution in [0.1, 0.15) is 5.56 Å². The molecule has 0 aliphatic carbocycles. The van der Waals surface area contributed by atoms with Crippen LogP contribution in [-0.4, -0.2) is 11.0 Å². The minimum absolute atomic E-state index is 0.195. The predicted octanol–water partition coefficient (Wildman–Crippen LogP) is 0.856. The number of halogens is 1. The lowest BCUT2D eigenvalue weighted by atomic mass is 10.2. The predicted molar refractivity (Wildman–Crippen MR) is 40.1 cm³/mol. The molecule has 0 fully saturated rings. The van der Waals surface area contributed by atoms with Gasteiger partial charge in [-0.1, -0.05) is 0 Å². The number of aromatic nitrogens is 1. The van der Waals surface area contributed by atoms with Crippen LogP contribution in [0.25, 0.3) is 0 Å². The summed E-state index contributed by atoms with van der Waals surface area (Å²) < 4.78 is 13.0. The maximum atomic E-state index is 13.0. The molecule has 0 bridgehead atoms. The lowest BCUT2D eigenvalue weighted by molar-refractivity contribution is 0.250. The van der Waals surface area contributed by atoms with E-state index in [9.17, 15) is 9.18 Å². The molecule has 1 aliphatic heterocycles. The number of urea groups is 1. The van der Waals surface area contributed by atoms with E-state index < -0.39 is 0 Å². The van der Waals surface area contributed by atoms with Gasteiger partial charge in [0.05, 0.1) is 6.54 Å². The first-order valence-corrected chi connectivity index (χ1v) is 3.45. The van der Waals surface area contributed by atoms with E-state index in [1.807, 2.05) is 0 Å². The van der Waals surface area contributed by atoms with Gasteiger partial charge in [0.1, 0.15) is 11.6 Å². The zero-order valence-electron chi connectivity index (χ0n) is 6.10. The molecule has 0 saturated heterocycles. The number of pyridine rings is 1. The average molecular weight is 167 g/mol. The van der Waals surface area contributed by atoms with Gasteiger partial charge in [0.2, 0.25) is 0 Å². The summed E-state index contributed by atoms with van der Waals surface area (Å²) in [6.45, 7) is 0.195. The third kappa shape index (κ3) is 0.990. The summed E-state index contributed by atoms with van der Waals surface area (Å²) in [6.07, 6.45) is 1.32. The number of carbonyl (C=O) groups is 1. The summed E-state index contributed by atoms with van der Waals surface area (Å²) >= 11 is 0. The first kappa shape index (κ1) is 7.02. The lowest BCUT2D eigenvalue weighted by Crippen LogP contribution is -2.34. The molecule has 0 spiro atoms. The van der Waals surface area contributed by atoms with Gasteiger partial charge in [-0.25, -0.2) is 14.2 Å². The molecule has 4 nitrogen and oxygen atoms in total. The van der Waals surface area contributed by atoms with Gasteiger partial charge < -0.3 is 5.32 Å². The number of amides is 2. The Balaban J connectivity index is 2.48. The van der Waals surface area contributed by atoms with Crippen molar-refractivity contribution < 1.29 is 9.18 Å². The van der Waals surface area contributed by atoms with Crippen molar-refractivity contribution in [1.29, 1.82) is 0 Å². The number of fused-ring (bicyclic) bond motifs is 1. The van der Waals surface area contributed by atoms with Gasteiger partial charge in [0.25, 0.3) is 0 Å². The Hall–Kier alpha value is -1.65. The number of nitrogens with one attached hydrogen (secondary N) is 2. The van der Waals surface area contributed by atoms with Gasteiger partial charge in [-0.2, -0.15) is 0 Å². The van der Waals surface area contributed by atoms with E-state index in [0.29, 0.717) is 11.4 Å². The average Bonchev–Trinajstić information content (AvgIpc) is 2.04. The number of hydrogen-bond donors (Lipinski definition) is 2. The second-order valence-electron chi connectivity index (χ2n) is 2.43. The molecule has 2 heterocycles. The van der Waals surface area contributed by atoms with Crippen LogP contribution in [0.3, 0.4) is 0 Å². The van der Waals surface area contributed by atoms with Gasteiger partial charge in [0.15, 0.2) is 0 Å². The molecule has 5 heteroatoms. The lowest BCUT2D eigenvalue weighted by Gasteiger charge is -2.16. The highest BCUT2D eigenvalue weighted by molar-refractivity contribution is 5.90. The maximum absolute atomic E-state index is 13.0. The highest BCUT2D eigenvalue weighted by Crippen LogP contribution is 2.17. The van der Waals surface area contributed by atoms with Crippen LogP contribution >= 0.6 is 0 Å². The molecule has 1 aromatic heterocycles. The topological polar surface area (TPSA) is 54.0 Å². The van der Waals surface area contributed by atoms with Crippen LogP contribution in [0, 0.1) is 5.82 Å².